The predicted molar refractivity (Wildman–Crippen MR) is 125 cm³/mol. The summed E-state index contributed by atoms with van der Waals surface area (Å²) in [6.45, 7) is 1.85. The maximum atomic E-state index is 12.6. The summed E-state index contributed by atoms with van der Waals surface area (Å²) in [5.41, 5.74) is 9.96. The fraction of sp³-hybridized carbons (Fsp3) is 0.360. The lowest BCUT2D eigenvalue weighted by atomic mass is 9.87. The first-order valence-electron chi connectivity index (χ1n) is 11.0. The van der Waals surface area contributed by atoms with E-state index >= 15 is 0 Å². The first-order valence-corrected chi connectivity index (χ1v) is 11.3. The second-order valence-electron chi connectivity index (χ2n) is 8.10. The zero-order valence-electron chi connectivity index (χ0n) is 17.9. The fourth-order valence-electron chi connectivity index (χ4n) is 4.05. The Morgan fingerprint density at radius 1 is 1.25 bits per heavy atom. The molecule has 0 amide bonds. The Morgan fingerprint density at radius 2 is 2.06 bits per heavy atom. The second kappa shape index (κ2) is 10.8. The minimum Gasteiger partial charge on any atom is -0.493 e. The number of imidazole rings is 1. The SMILES string of the molecule is NC(C(=O)Cc1ccc(CCOc2ccccc2-c2cnc[nH]2)c(Cl)c1)C1CCOCC1. The average molecular weight is 454 g/mol. The van der Waals surface area contributed by atoms with E-state index < -0.39 is 6.04 Å². The highest BCUT2D eigenvalue weighted by Crippen LogP contribution is 2.28. The molecule has 7 heteroatoms. The van der Waals surface area contributed by atoms with Gasteiger partial charge in [0.25, 0.3) is 0 Å². The van der Waals surface area contributed by atoms with Gasteiger partial charge in [0.1, 0.15) is 5.75 Å². The Morgan fingerprint density at radius 3 is 2.81 bits per heavy atom. The molecular weight excluding hydrogens is 426 g/mol. The lowest BCUT2D eigenvalue weighted by Crippen LogP contribution is -2.41. The van der Waals surface area contributed by atoms with E-state index in [2.05, 4.69) is 9.97 Å². The van der Waals surface area contributed by atoms with Crippen molar-refractivity contribution >= 4 is 17.4 Å². The van der Waals surface area contributed by atoms with Crippen molar-refractivity contribution in [3.8, 4) is 17.0 Å². The van der Waals surface area contributed by atoms with Crippen molar-refractivity contribution in [2.45, 2.75) is 31.7 Å². The Balaban J connectivity index is 1.33. The third-order valence-corrected chi connectivity index (χ3v) is 6.30. The average Bonchev–Trinajstić information content (AvgIpc) is 3.36. The molecule has 0 aliphatic carbocycles. The molecule has 1 unspecified atom stereocenters. The molecule has 2 heterocycles. The number of rotatable bonds is 9. The summed E-state index contributed by atoms with van der Waals surface area (Å²) >= 11 is 6.51. The van der Waals surface area contributed by atoms with E-state index in [1.165, 1.54) is 0 Å². The summed E-state index contributed by atoms with van der Waals surface area (Å²) in [5.74, 6) is 1.05. The van der Waals surface area contributed by atoms with Gasteiger partial charge in [-0.1, -0.05) is 35.9 Å². The molecule has 0 bridgehead atoms. The van der Waals surface area contributed by atoms with Crippen LogP contribution >= 0.6 is 11.6 Å². The lowest BCUT2D eigenvalue weighted by molar-refractivity contribution is -0.121. The number of nitrogens with two attached hydrogens (primary N) is 1. The van der Waals surface area contributed by atoms with Gasteiger partial charge in [0.15, 0.2) is 5.78 Å². The van der Waals surface area contributed by atoms with Crippen LogP contribution in [0.15, 0.2) is 55.0 Å². The maximum absolute atomic E-state index is 12.6. The number of carbonyl (C=O) groups is 1. The van der Waals surface area contributed by atoms with Gasteiger partial charge in [0, 0.05) is 36.6 Å². The zero-order valence-corrected chi connectivity index (χ0v) is 18.7. The number of ketones is 1. The molecule has 6 nitrogen and oxygen atoms in total. The molecule has 32 heavy (non-hydrogen) atoms. The molecule has 1 atom stereocenters. The molecule has 1 fully saturated rings. The zero-order chi connectivity index (χ0) is 22.3. The first-order chi connectivity index (χ1) is 15.6. The summed E-state index contributed by atoms with van der Waals surface area (Å²) in [5, 5.41) is 0.639. The lowest BCUT2D eigenvalue weighted by Gasteiger charge is -2.26. The number of Topliss-reactive ketones (excluding diaryl/α,β-unsaturated/α-hetero) is 1. The number of carbonyl (C=O) groups excluding carboxylic acids is 1. The van der Waals surface area contributed by atoms with Crippen LogP contribution in [0.4, 0.5) is 0 Å². The minimum absolute atomic E-state index is 0.0551. The minimum atomic E-state index is -0.444. The molecule has 0 spiro atoms. The summed E-state index contributed by atoms with van der Waals surface area (Å²) < 4.78 is 11.4. The van der Waals surface area contributed by atoms with E-state index in [4.69, 9.17) is 26.8 Å². The second-order valence-corrected chi connectivity index (χ2v) is 8.51. The Hall–Kier alpha value is -2.67. The van der Waals surface area contributed by atoms with Crippen molar-refractivity contribution in [3.63, 3.8) is 0 Å². The number of H-pyrrole nitrogens is 1. The number of nitrogens with zero attached hydrogens (tertiary/aromatic N) is 1. The number of nitrogens with one attached hydrogen (secondary N) is 1. The smallest absolute Gasteiger partial charge is 0.154 e. The molecule has 3 aromatic rings. The van der Waals surface area contributed by atoms with Crippen LogP contribution < -0.4 is 10.5 Å². The number of aromatic amines is 1. The van der Waals surface area contributed by atoms with Crippen LogP contribution in [0.2, 0.25) is 5.02 Å². The Labute approximate surface area is 193 Å². The van der Waals surface area contributed by atoms with Crippen LogP contribution in [0.1, 0.15) is 24.0 Å². The van der Waals surface area contributed by atoms with Crippen LogP contribution in [0.25, 0.3) is 11.3 Å². The Kier molecular flexibility index (Phi) is 7.58. The van der Waals surface area contributed by atoms with E-state index in [9.17, 15) is 4.79 Å². The van der Waals surface area contributed by atoms with Gasteiger partial charge in [0.2, 0.25) is 0 Å². The van der Waals surface area contributed by atoms with Crippen molar-refractivity contribution in [2.75, 3.05) is 19.8 Å². The number of ether oxygens (including phenoxy) is 2. The monoisotopic (exact) mass is 453 g/mol. The molecule has 0 saturated carbocycles. The van der Waals surface area contributed by atoms with Gasteiger partial charge >= 0.3 is 0 Å². The summed E-state index contributed by atoms with van der Waals surface area (Å²) in [6.07, 6.45) is 6.06. The van der Waals surface area contributed by atoms with E-state index in [1.54, 1.807) is 12.5 Å². The molecule has 2 aromatic carbocycles. The van der Waals surface area contributed by atoms with Gasteiger partial charge in [-0.15, -0.1) is 0 Å². The van der Waals surface area contributed by atoms with Gasteiger partial charge in [-0.05, 0) is 48.1 Å². The third-order valence-electron chi connectivity index (χ3n) is 5.95. The fourth-order valence-corrected chi connectivity index (χ4v) is 4.35. The molecule has 4 rings (SSSR count). The van der Waals surface area contributed by atoms with Gasteiger partial charge in [-0.2, -0.15) is 0 Å². The number of benzene rings is 2. The largest absolute Gasteiger partial charge is 0.493 e. The van der Waals surface area contributed by atoms with Crippen molar-refractivity contribution in [2.24, 2.45) is 11.7 Å². The van der Waals surface area contributed by atoms with Gasteiger partial charge < -0.3 is 20.2 Å². The molecule has 1 aromatic heterocycles. The van der Waals surface area contributed by atoms with Gasteiger partial charge in [-0.25, -0.2) is 4.98 Å². The van der Waals surface area contributed by atoms with E-state index in [0.717, 1.165) is 41.0 Å². The summed E-state index contributed by atoms with van der Waals surface area (Å²) in [6, 6.07) is 13.2. The van der Waals surface area contributed by atoms with Crippen LogP contribution in [-0.4, -0.2) is 41.6 Å². The summed E-state index contributed by atoms with van der Waals surface area (Å²) in [7, 11) is 0. The summed E-state index contributed by atoms with van der Waals surface area (Å²) in [4.78, 5) is 19.8. The van der Waals surface area contributed by atoms with E-state index in [-0.39, 0.29) is 11.7 Å². The quantitative estimate of drug-likeness (QED) is 0.506. The van der Waals surface area contributed by atoms with E-state index in [1.807, 2.05) is 42.5 Å². The van der Waals surface area contributed by atoms with Crippen molar-refractivity contribution in [1.29, 1.82) is 0 Å². The molecule has 3 N–H and O–H groups in total. The standard InChI is InChI=1S/C25H28ClN3O3/c26-21-13-17(14-23(30)25(27)19-7-10-31-11-8-19)5-6-18(21)9-12-32-24-4-2-1-3-20(24)22-15-28-16-29-22/h1-6,13,15-16,19,25H,7-12,14,27H2,(H,28,29). The molecule has 168 valence electrons. The number of para-hydroxylation sites is 1. The van der Waals surface area contributed by atoms with Crippen LogP contribution in [0.5, 0.6) is 5.75 Å². The highest BCUT2D eigenvalue weighted by Gasteiger charge is 2.26. The topological polar surface area (TPSA) is 90.2 Å². The molecule has 1 saturated heterocycles. The normalized spacial score (nSPS) is 15.4. The van der Waals surface area contributed by atoms with Gasteiger partial charge in [-0.3, -0.25) is 4.79 Å². The Bertz CT molecular complexity index is 1030. The van der Waals surface area contributed by atoms with Crippen molar-refractivity contribution < 1.29 is 14.3 Å². The van der Waals surface area contributed by atoms with Crippen LogP contribution in [-0.2, 0) is 22.4 Å². The highest BCUT2D eigenvalue weighted by molar-refractivity contribution is 6.31. The molecule has 1 aliphatic rings. The van der Waals surface area contributed by atoms with Crippen molar-refractivity contribution in [3.05, 3.63) is 71.1 Å². The van der Waals surface area contributed by atoms with Crippen LogP contribution in [0.3, 0.4) is 0 Å². The van der Waals surface area contributed by atoms with Crippen molar-refractivity contribution in [1.82, 2.24) is 9.97 Å². The van der Waals surface area contributed by atoms with E-state index in [0.29, 0.717) is 37.7 Å². The van der Waals surface area contributed by atoms with Gasteiger partial charge in [0.05, 0.1) is 30.9 Å². The molecule has 1 aliphatic heterocycles. The number of halogens is 1. The predicted octanol–water partition coefficient (Wildman–Crippen LogP) is 4.22. The number of hydrogen-bond donors (Lipinski definition) is 2. The number of hydrogen-bond acceptors (Lipinski definition) is 5. The molecular formula is C25H28ClN3O3. The molecule has 0 radical (unpaired) electrons. The maximum Gasteiger partial charge on any atom is 0.154 e. The van der Waals surface area contributed by atoms with Crippen LogP contribution in [0, 0.1) is 5.92 Å². The first kappa shape index (κ1) is 22.5. The third kappa shape index (κ3) is 5.57. The number of aromatic nitrogens is 2. The highest BCUT2D eigenvalue weighted by atomic mass is 35.5.